The number of nitrogen functional groups attached to an aromatic ring is 1. The summed E-state index contributed by atoms with van der Waals surface area (Å²) in [7, 11) is 0. The predicted octanol–water partition coefficient (Wildman–Crippen LogP) is 2.67. The van der Waals surface area contributed by atoms with Crippen LogP contribution >= 0.6 is 15.9 Å². The van der Waals surface area contributed by atoms with E-state index in [1.807, 2.05) is 24.3 Å². The summed E-state index contributed by atoms with van der Waals surface area (Å²) < 4.78 is 0.930. The quantitative estimate of drug-likeness (QED) is 0.601. The first-order valence-corrected chi connectivity index (χ1v) is 6.47. The Hall–Kier alpha value is -2.01. The summed E-state index contributed by atoms with van der Waals surface area (Å²) in [6.45, 7) is 0.384. The van der Waals surface area contributed by atoms with Gasteiger partial charge in [0.1, 0.15) is 5.75 Å². The van der Waals surface area contributed by atoms with Crippen molar-refractivity contribution in [2.75, 3.05) is 5.73 Å². The minimum absolute atomic E-state index is 0.0141. The molecule has 0 fully saturated rings. The molecule has 2 rings (SSSR count). The smallest absolute Gasteiger partial charge is 0.253 e. The fourth-order valence-corrected chi connectivity index (χ4v) is 2.08. The second kappa shape index (κ2) is 5.75. The number of phenols is 1. The average molecular weight is 321 g/mol. The molecule has 0 spiro atoms. The van der Waals surface area contributed by atoms with Crippen molar-refractivity contribution >= 4 is 27.5 Å². The highest BCUT2D eigenvalue weighted by molar-refractivity contribution is 9.10. The molecule has 0 unspecified atom stereocenters. The molecular formula is C14H13BrN2O2. The monoisotopic (exact) mass is 320 g/mol. The summed E-state index contributed by atoms with van der Waals surface area (Å²) in [4.78, 5) is 12.0. The van der Waals surface area contributed by atoms with E-state index in [0.717, 1.165) is 10.0 Å². The maximum absolute atomic E-state index is 12.0. The Labute approximate surface area is 119 Å². The molecule has 0 saturated heterocycles. The largest absolute Gasteiger partial charge is 0.508 e. The van der Waals surface area contributed by atoms with E-state index >= 15 is 0 Å². The molecule has 0 aromatic heterocycles. The third-order valence-electron chi connectivity index (χ3n) is 2.68. The average Bonchev–Trinajstić information content (AvgIpc) is 2.40. The SMILES string of the molecule is Nc1ccc(O)cc1C(=O)NCc1ccccc1Br. The van der Waals surface area contributed by atoms with Gasteiger partial charge in [0.05, 0.1) is 5.56 Å². The number of nitrogens with two attached hydrogens (primary N) is 1. The standard InChI is InChI=1S/C14H13BrN2O2/c15-12-4-2-1-3-9(12)8-17-14(19)11-7-10(18)5-6-13(11)16/h1-7,18H,8,16H2,(H,17,19). The Kier molecular flexibility index (Phi) is 4.06. The second-order valence-electron chi connectivity index (χ2n) is 4.05. The number of amides is 1. The van der Waals surface area contributed by atoms with Gasteiger partial charge in [0.25, 0.3) is 5.91 Å². The zero-order valence-electron chi connectivity index (χ0n) is 10.1. The number of benzene rings is 2. The molecule has 0 saturated carbocycles. The van der Waals surface area contributed by atoms with Gasteiger partial charge in [-0.2, -0.15) is 0 Å². The van der Waals surface area contributed by atoms with Crippen LogP contribution in [0.2, 0.25) is 0 Å². The number of nitrogens with one attached hydrogen (secondary N) is 1. The normalized spacial score (nSPS) is 10.2. The zero-order chi connectivity index (χ0) is 13.8. The topological polar surface area (TPSA) is 75.3 Å². The summed E-state index contributed by atoms with van der Waals surface area (Å²) >= 11 is 3.41. The maximum atomic E-state index is 12.0. The van der Waals surface area contributed by atoms with Crippen molar-refractivity contribution in [3.05, 3.63) is 58.1 Å². The van der Waals surface area contributed by atoms with Gasteiger partial charge in [-0.1, -0.05) is 34.1 Å². The molecule has 4 nitrogen and oxygen atoms in total. The molecule has 1 amide bonds. The van der Waals surface area contributed by atoms with Gasteiger partial charge < -0.3 is 16.2 Å². The molecule has 2 aromatic rings. The number of hydrogen-bond donors (Lipinski definition) is 3. The van der Waals surface area contributed by atoms with Crippen molar-refractivity contribution in [3.63, 3.8) is 0 Å². The Morgan fingerprint density at radius 1 is 1.26 bits per heavy atom. The summed E-state index contributed by atoms with van der Waals surface area (Å²) in [5, 5.41) is 12.1. The van der Waals surface area contributed by atoms with Gasteiger partial charge in [-0.15, -0.1) is 0 Å². The molecule has 2 aromatic carbocycles. The van der Waals surface area contributed by atoms with Gasteiger partial charge in [0.2, 0.25) is 0 Å². The van der Waals surface area contributed by atoms with Crippen molar-refractivity contribution in [1.82, 2.24) is 5.32 Å². The van der Waals surface area contributed by atoms with Gasteiger partial charge in [0, 0.05) is 16.7 Å². The highest BCUT2D eigenvalue weighted by atomic mass is 79.9. The highest BCUT2D eigenvalue weighted by Crippen LogP contribution is 2.19. The molecule has 0 atom stereocenters. The molecular weight excluding hydrogens is 308 g/mol. The lowest BCUT2D eigenvalue weighted by Gasteiger charge is -2.09. The first kappa shape index (κ1) is 13.4. The molecule has 0 heterocycles. The highest BCUT2D eigenvalue weighted by Gasteiger charge is 2.10. The fourth-order valence-electron chi connectivity index (χ4n) is 1.65. The molecule has 0 aliphatic heterocycles. The van der Waals surface area contributed by atoms with Crippen molar-refractivity contribution in [2.24, 2.45) is 0 Å². The van der Waals surface area contributed by atoms with Crippen LogP contribution in [-0.2, 0) is 6.54 Å². The molecule has 0 aliphatic rings. The van der Waals surface area contributed by atoms with Crippen molar-refractivity contribution in [1.29, 1.82) is 0 Å². The Bertz CT molecular complexity index is 614. The minimum atomic E-state index is -0.316. The summed E-state index contributed by atoms with van der Waals surface area (Å²) in [6.07, 6.45) is 0. The van der Waals surface area contributed by atoms with Gasteiger partial charge in [-0.3, -0.25) is 4.79 Å². The number of carbonyl (C=O) groups is 1. The van der Waals surface area contributed by atoms with E-state index in [-0.39, 0.29) is 17.2 Å². The number of rotatable bonds is 3. The van der Waals surface area contributed by atoms with Crippen LogP contribution < -0.4 is 11.1 Å². The van der Waals surface area contributed by atoms with E-state index in [2.05, 4.69) is 21.2 Å². The van der Waals surface area contributed by atoms with Crippen LogP contribution in [0.25, 0.3) is 0 Å². The van der Waals surface area contributed by atoms with Crippen LogP contribution in [0.15, 0.2) is 46.9 Å². The van der Waals surface area contributed by atoms with Gasteiger partial charge in [-0.05, 0) is 29.8 Å². The van der Waals surface area contributed by atoms with Gasteiger partial charge in [0.15, 0.2) is 0 Å². The van der Waals surface area contributed by atoms with E-state index in [1.165, 1.54) is 18.2 Å². The molecule has 4 N–H and O–H groups in total. The number of hydrogen-bond acceptors (Lipinski definition) is 3. The molecule has 98 valence electrons. The summed E-state index contributed by atoms with van der Waals surface area (Å²) in [5.41, 5.74) is 7.28. The lowest BCUT2D eigenvalue weighted by atomic mass is 10.1. The predicted molar refractivity (Wildman–Crippen MR) is 77.8 cm³/mol. The number of carbonyl (C=O) groups excluding carboxylic acids is 1. The fraction of sp³-hybridized carbons (Fsp3) is 0.0714. The molecule has 0 radical (unpaired) electrons. The Morgan fingerprint density at radius 2 is 2.00 bits per heavy atom. The van der Waals surface area contributed by atoms with E-state index in [4.69, 9.17) is 5.73 Å². The molecule has 19 heavy (non-hydrogen) atoms. The lowest BCUT2D eigenvalue weighted by molar-refractivity contribution is 0.0951. The summed E-state index contributed by atoms with van der Waals surface area (Å²) in [6, 6.07) is 11.9. The molecule has 5 heteroatoms. The maximum Gasteiger partial charge on any atom is 0.253 e. The van der Waals surface area contributed by atoms with E-state index in [0.29, 0.717) is 12.2 Å². The van der Waals surface area contributed by atoms with Gasteiger partial charge >= 0.3 is 0 Å². The van der Waals surface area contributed by atoms with E-state index in [9.17, 15) is 9.90 Å². The molecule has 0 aliphatic carbocycles. The lowest BCUT2D eigenvalue weighted by Crippen LogP contribution is -2.23. The van der Waals surface area contributed by atoms with Crippen LogP contribution in [0.1, 0.15) is 15.9 Å². The first-order valence-electron chi connectivity index (χ1n) is 5.68. The van der Waals surface area contributed by atoms with Crippen LogP contribution in [0.3, 0.4) is 0 Å². The Morgan fingerprint density at radius 3 is 2.74 bits per heavy atom. The number of anilines is 1. The second-order valence-corrected chi connectivity index (χ2v) is 4.90. The van der Waals surface area contributed by atoms with Crippen molar-refractivity contribution in [2.45, 2.75) is 6.54 Å². The van der Waals surface area contributed by atoms with Crippen LogP contribution in [0.4, 0.5) is 5.69 Å². The van der Waals surface area contributed by atoms with E-state index in [1.54, 1.807) is 0 Å². The number of phenolic OH excluding ortho intramolecular Hbond substituents is 1. The number of aromatic hydroxyl groups is 1. The van der Waals surface area contributed by atoms with Crippen LogP contribution in [-0.4, -0.2) is 11.0 Å². The molecule has 0 bridgehead atoms. The first-order chi connectivity index (χ1) is 9.08. The zero-order valence-corrected chi connectivity index (χ0v) is 11.6. The Balaban J connectivity index is 2.10. The third kappa shape index (κ3) is 3.26. The minimum Gasteiger partial charge on any atom is -0.508 e. The van der Waals surface area contributed by atoms with Crippen LogP contribution in [0, 0.1) is 0 Å². The third-order valence-corrected chi connectivity index (χ3v) is 3.45. The van der Waals surface area contributed by atoms with Crippen molar-refractivity contribution < 1.29 is 9.90 Å². The van der Waals surface area contributed by atoms with E-state index < -0.39 is 0 Å². The number of halogens is 1. The summed E-state index contributed by atoms with van der Waals surface area (Å²) in [5.74, 6) is -0.301. The van der Waals surface area contributed by atoms with Crippen molar-refractivity contribution in [3.8, 4) is 5.75 Å². The van der Waals surface area contributed by atoms with Crippen LogP contribution in [0.5, 0.6) is 5.75 Å². The van der Waals surface area contributed by atoms with Gasteiger partial charge in [-0.25, -0.2) is 0 Å².